The van der Waals surface area contributed by atoms with E-state index in [1.165, 1.54) is 6.07 Å². The summed E-state index contributed by atoms with van der Waals surface area (Å²) in [5, 5.41) is 0. The molecule has 7 nitrogen and oxygen atoms in total. The van der Waals surface area contributed by atoms with Crippen LogP contribution in [0.1, 0.15) is 20.8 Å². The molecular formula is C12H18N2O5S. The molecule has 0 spiro atoms. The molecule has 20 heavy (non-hydrogen) atoms. The fourth-order valence-corrected chi connectivity index (χ4v) is 3.12. The van der Waals surface area contributed by atoms with Gasteiger partial charge >= 0.3 is 5.97 Å². The van der Waals surface area contributed by atoms with Crippen molar-refractivity contribution >= 4 is 16.0 Å². The number of pyridine rings is 1. The summed E-state index contributed by atoms with van der Waals surface area (Å²) in [6, 6.07) is 1.90. The average Bonchev–Trinajstić information content (AvgIpc) is 2.36. The number of esters is 1. The Morgan fingerprint density at radius 3 is 2.50 bits per heavy atom. The molecule has 112 valence electrons. The predicted octanol–water partition coefficient (Wildman–Crippen LogP) is 0.337. The van der Waals surface area contributed by atoms with Gasteiger partial charge in [-0.05, 0) is 26.8 Å². The monoisotopic (exact) mass is 302 g/mol. The molecule has 1 N–H and O–H groups in total. The largest absolute Gasteiger partial charge is 0.465 e. The van der Waals surface area contributed by atoms with Crippen LogP contribution in [0.15, 0.2) is 28.0 Å². The van der Waals surface area contributed by atoms with Gasteiger partial charge in [-0.2, -0.15) is 4.31 Å². The molecule has 0 unspecified atom stereocenters. The molecule has 0 aromatic carbocycles. The first kappa shape index (κ1) is 16.4. The Balaban J connectivity index is 3.09. The number of nitrogens with one attached hydrogen (secondary N) is 1. The minimum absolute atomic E-state index is 0.0740. The first-order valence-corrected chi connectivity index (χ1v) is 7.59. The molecule has 0 fully saturated rings. The number of carbonyl (C=O) groups is 1. The first-order valence-electron chi connectivity index (χ1n) is 6.15. The third-order valence-corrected chi connectivity index (χ3v) is 4.55. The number of H-pyrrole nitrogens is 1. The second-order valence-electron chi connectivity index (χ2n) is 4.34. The van der Waals surface area contributed by atoms with Crippen LogP contribution in [-0.2, 0) is 19.6 Å². The molecule has 0 atom stereocenters. The maximum absolute atomic E-state index is 12.4. The van der Waals surface area contributed by atoms with E-state index < -0.39 is 27.6 Å². The van der Waals surface area contributed by atoms with Crippen LogP contribution in [0.2, 0.25) is 0 Å². The Kier molecular flexibility index (Phi) is 5.46. The Bertz CT molecular complexity index is 600. The summed E-state index contributed by atoms with van der Waals surface area (Å²) in [5.41, 5.74) is -0.398. The van der Waals surface area contributed by atoms with Crippen LogP contribution in [0.3, 0.4) is 0 Å². The van der Waals surface area contributed by atoms with Crippen molar-refractivity contribution < 1.29 is 17.9 Å². The Morgan fingerprint density at radius 2 is 2.05 bits per heavy atom. The van der Waals surface area contributed by atoms with Gasteiger partial charge in [0.15, 0.2) is 0 Å². The van der Waals surface area contributed by atoms with Crippen LogP contribution < -0.4 is 5.56 Å². The lowest BCUT2D eigenvalue weighted by molar-refractivity contribution is -0.143. The zero-order chi connectivity index (χ0) is 15.3. The smallest absolute Gasteiger partial charge is 0.321 e. The summed E-state index contributed by atoms with van der Waals surface area (Å²) in [5.74, 6) is -0.616. The van der Waals surface area contributed by atoms with E-state index in [1.54, 1.807) is 20.8 Å². The lowest BCUT2D eigenvalue weighted by Crippen LogP contribution is -2.41. The van der Waals surface area contributed by atoms with Gasteiger partial charge in [0.25, 0.3) is 0 Å². The number of aromatic nitrogens is 1. The quantitative estimate of drug-likeness (QED) is 0.764. The predicted molar refractivity (Wildman–Crippen MR) is 72.7 cm³/mol. The van der Waals surface area contributed by atoms with E-state index in [4.69, 9.17) is 4.74 Å². The second kappa shape index (κ2) is 6.67. The average molecular weight is 302 g/mol. The van der Waals surface area contributed by atoms with Gasteiger partial charge in [0.1, 0.15) is 6.54 Å². The molecule has 0 saturated carbocycles. The van der Waals surface area contributed by atoms with Crippen LogP contribution in [-0.4, -0.2) is 42.9 Å². The maximum Gasteiger partial charge on any atom is 0.321 e. The first-order chi connectivity index (χ1) is 9.28. The number of sulfonamides is 1. The SMILES string of the molecule is CCOC(=O)CN(C(C)C)S(=O)(=O)c1ccc(=O)[nH]c1. The van der Waals surface area contributed by atoms with Crippen LogP contribution in [0, 0.1) is 0 Å². The summed E-state index contributed by atoms with van der Waals surface area (Å²) >= 11 is 0. The molecule has 1 aromatic rings. The molecule has 0 aliphatic carbocycles. The van der Waals surface area contributed by atoms with Crippen LogP contribution in [0.4, 0.5) is 0 Å². The summed E-state index contributed by atoms with van der Waals surface area (Å²) < 4.78 is 30.6. The molecule has 0 saturated heterocycles. The van der Waals surface area contributed by atoms with Crippen molar-refractivity contribution in [2.24, 2.45) is 0 Å². The van der Waals surface area contributed by atoms with Crippen molar-refractivity contribution in [1.82, 2.24) is 9.29 Å². The highest BCUT2D eigenvalue weighted by molar-refractivity contribution is 7.89. The van der Waals surface area contributed by atoms with Gasteiger partial charge in [0, 0.05) is 18.3 Å². The van der Waals surface area contributed by atoms with E-state index in [9.17, 15) is 18.0 Å². The number of carbonyl (C=O) groups excluding carboxylic acids is 1. The maximum atomic E-state index is 12.4. The zero-order valence-electron chi connectivity index (χ0n) is 11.6. The Labute approximate surface area is 117 Å². The highest BCUT2D eigenvalue weighted by atomic mass is 32.2. The van der Waals surface area contributed by atoms with Crippen molar-refractivity contribution in [3.8, 4) is 0 Å². The summed E-state index contributed by atoms with van der Waals surface area (Å²) in [6.07, 6.45) is 1.11. The number of hydrogen-bond donors (Lipinski definition) is 1. The normalized spacial score (nSPS) is 11.8. The zero-order valence-corrected chi connectivity index (χ0v) is 12.4. The van der Waals surface area contributed by atoms with E-state index in [-0.39, 0.29) is 18.0 Å². The van der Waals surface area contributed by atoms with Gasteiger partial charge in [-0.15, -0.1) is 0 Å². The third-order valence-electron chi connectivity index (χ3n) is 2.53. The molecular weight excluding hydrogens is 284 g/mol. The lowest BCUT2D eigenvalue weighted by Gasteiger charge is -2.24. The number of ether oxygens (including phenoxy) is 1. The van der Waals surface area contributed by atoms with Crippen LogP contribution in [0.25, 0.3) is 0 Å². The van der Waals surface area contributed by atoms with Crippen molar-refractivity contribution in [1.29, 1.82) is 0 Å². The minimum atomic E-state index is -3.87. The van der Waals surface area contributed by atoms with Crippen molar-refractivity contribution in [2.75, 3.05) is 13.2 Å². The van der Waals surface area contributed by atoms with E-state index in [2.05, 4.69) is 4.98 Å². The van der Waals surface area contributed by atoms with Crippen LogP contribution in [0.5, 0.6) is 0 Å². The van der Waals surface area contributed by atoms with Gasteiger partial charge in [0.2, 0.25) is 15.6 Å². The standard InChI is InChI=1S/C12H18N2O5S/c1-4-19-12(16)8-14(9(2)3)20(17,18)10-5-6-11(15)13-7-10/h5-7,9H,4,8H2,1-3H3,(H,13,15). The minimum Gasteiger partial charge on any atom is -0.465 e. The topological polar surface area (TPSA) is 96.5 Å². The highest BCUT2D eigenvalue weighted by Gasteiger charge is 2.29. The van der Waals surface area contributed by atoms with Crippen molar-refractivity contribution in [3.63, 3.8) is 0 Å². The van der Waals surface area contributed by atoms with Crippen molar-refractivity contribution in [2.45, 2.75) is 31.7 Å². The molecule has 1 rings (SSSR count). The summed E-state index contributed by atoms with van der Waals surface area (Å²) in [4.78, 5) is 24.7. The number of rotatable bonds is 6. The van der Waals surface area contributed by atoms with Gasteiger partial charge in [-0.3, -0.25) is 9.59 Å². The Morgan fingerprint density at radius 1 is 1.40 bits per heavy atom. The fraction of sp³-hybridized carbons (Fsp3) is 0.500. The molecule has 0 aliphatic rings. The van der Waals surface area contributed by atoms with E-state index in [0.29, 0.717) is 0 Å². The van der Waals surface area contributed by atoms with E-state index in [1.807, 2.05) is 0 Å². The molecule has 8 heteroatoms. The molecule has 0 radical (unpaired) electrons. The second-order valence-corrected chi connectivity index (χ2v) is 6.23. The van der Waals surface area contributed by atoms with Crippen LogP contribution >= 0.6 is 0 Å². The van der Waals surface area contributed by atoms with E-state index in [0.717, 1.165) is 16.6 Å². The molecule has 0 aliphatic heterocycles. The number of nitrogens with zero attached hydrogens (tertiary/aromatic N) is 1. The third kappa shape index (κ3) is 3.91. The van der Waals surface area contributed by atoms with Gasteiger partial charge < -0.3 is 9.72 Å². The molecule has 1 heterocycles. The lowest BCUT2D eigenvalue weighted by atomic mass is 10.4. The fourth-order valence-electron chi connectivity index (χ4n) is 1.57. The highest BCUT2D eigenvalue weighted by Crippen LogP contribution is 2.16. The molecule has 1 aromatic heterocycles. The summed E-state index contributed by atoms with van der Waals surface area (Å²) in [6.45, 7) is 4.77. The van der Waals surface area contributed by atoms with Gasteiger partial charge in [0.05, 0.1) is 11.5 Å². The summed E-state index contributed by atoms with van der Waals surface area (Å²) in [7, 11) is -3.87. The van der Waals surface area contributed by atoms with Crippen molar-refractivity contribution in [3.05, 3.63) is 28.7 Å². The van der Waals surface area contributed by atoms with E-state index >= 15 is 0 Å². The molecule has 0 amide bonds. The Hall–Kier alpha value is -1.67. The number of aromatic amines is 1. The number of hydrogen-bond acceptors (Lipinski definition) is 5. The van der Waals surface area contributed by atoms with Gasteiger partial charge in [-0.25, -0.2) is 8.42 Å². The van der Waals surface area contributed by atoms with Gasteiger partial charge in [-0.1, -0.05) is 0 Å². The molecule has 0 bridgehead atoms.